The van der Waals surface area contributed by atoms with Crippen LogP contribution in [0.15, 0.2) is 24.4 Å². The fourth-order valence-corrected chi connectivity index (χ4v) is 2.93. The fourth-order valence-electron chi connectivity index (χ4n) is 2.93. The van der Waals surface area contributed by atoms with Crippen LogP contribution in [0.2, 0.25) is 0 Å². The van der Waals surface area contributed by atoms with Crippen LogP contribution in [0.5, 0.6) is 11.5 Å². The first-order valence-corrected chi connectivity index (χ1v) is 9.25. The summed E-state index contributed by atoms with van der Waals surface area (Å²) in [5.74, 6) is 2.00. The number of benzene rings is 1. The lowest BCUT2D eigenvalue weighted by Crippen LogP contribution is -2.08. The molecule has 8 heteroatoms. The maximum atomic E-state index is 6.04. The van der Waals surface area contributed by atoms with Crippen molar-refractivity contribution in [3.8, 4) is 11.5 Å². The smallest absolute Gasteiger partial charge is 0.224 e. The van der Waals surface area contributed by atoms with E-state index >= 15 is 0 Å². The van der Waals surface area contributed by atoms with Gasteiger partial charge in [-0.05, 0) is 36.6 Å². The van der Waals surface area contributed by atoms with Crippen LogP contribution in [0.4, 0.5) is 17.5 Å². The number of nitrogens with zero attached hydrogens (tertiary/aromatic N) is 3. The average molecular weight is 382 g/mol. The Bertz CT molecular complexity index is 977. The van der Waals surface area contributed by atoms with E-state index in [1.807, 2.05) is 25.1 Å². The molecule has 0 amide bonds. The normalized spacial score (nSPS) is 10.8. The Morgan fingerprint density at radius 1 is 1.18 bits per heavy atom. The Labute approximate surface area is 164 Å². The molecule has 2 heterocycles. The summed E-state index contributed by atoms with van der Waals surface area (Å²) < 4.78 is 11.3. The van der Waals surface area contributed by atoms with E-state index in [1.165, 1.54) is 0 Å². The van der Waals surface area contributed by atoms with E-state index in [4.69, 9.17) is 20.9 Å². The first-order chi connectivity index (χ1) is 13.5. The number of nitrogens with one attached hydrogen (secondary N) is 1. The van der Waals surface area contributed by atoms with Gasteiger partial charge in [-0.15, -0.1) is 0 Å². The van der Waals surface area contributed by atoms with Crippen molar-refractivity contribution in [3.63, 3.8) is 0 Å². The molecule has 0 atom stereocenters. The van der Waals surface area contributed by atoms with Gasteiger partial charge >= 0.3 is 0 Å². The van der Waals surface area contributed by atoms with E-state index in [1.54, 1.807) is 13.3 Å². The first-order valence-electron chi connectivity index (χ1n) is 9.25. The number of unbranched alkanes of at least 4 members (excludes halogenated alkanes) is 1. The van der Waals surface area contributed by atoms with Gasteiger partial charge < -0.3 is 26.3 Å². The number of ether oxygens (including phenoxy) is 2. The molecule has 0 bridgehead atoms. The molecule has 0 unspecified atom stereocenters. The van der Waals surface area contributed by atoms with Crippen molar-refractivity contribution in [1.29, 1.82) is 0 Å². The minimum absolute atomic E-state index is 0.119. The lowest BCUT2D eigenvalue weighted by molar-refractivity contribution is 0.310. The van der Waals surface area contributed by atoms with Gasteiger partial charge in [0.2, 0.25) is 5.95 Å². The Kier molecular flexibility index (Phi) is 5.98. The molecule has 0 spiro atoms. The van der Waals surface area contributed by atoms with Crippen molar-refractivity contribution in [1.82, 2.24) is 15.0 Å². The molecule has 28 heavy (non-hydrogen) atoms. The van der Waals surface area contributed by atoms with Crippen LogP contribution in [-0.2, 0) is 6.54 Å². The van der Waals surface area contributed by atoms with Crippen molar-refractivity contribution in [2.75, 3.05) is 30.5 Å². The molecule has 3 aromatic rings. The molecular weight excluding hydrogens is 356 g/mol. The number of aryl methyl sites for hydroxylation is 1. The summed E-state index contributed by atoms with van der Waals surface area (Å²) in [4.78, 5) is 12.6. The van der Waals surface area contributed by atoms with Crippen LogP contribution in [0.3, 0.4) is 0 Å². The highest BCUT2D eigenvalue weighted by molar-refractivity contribution is 5.90. The fraction of sp³-hybridized carbons (Fsp3) is 0.350. The Morgan fingerprint density at radius 2 is 2.00 bits per heavy atom. The first kappa shape index (κ1) is 19.5. The summed E-state index contributed by atoms with van der Waals surface area (Å²) in [5.41, 5.74) is 15.0. The zero-order valence-electron chi connectivity index (χ0n) is 16.5. The van der Waals surface area contributed by atoms with Gasteiger partial charge in [0, 0.05) is 18.8 Å². The van der Waals surface area contributed by atoms with E-state index in [2.05, 4.69) is 27.2 Å². The molecule has 1 aromatic carbocycles. The predicted molar refractivity (Wildman–Crippen MR) is 112 cm³/mol. The van der Waals surface area contributed by atoms with Crippen LogP contribution in [0.25, 0.3) is 11.0 Å². The van der Waals surface area contributed by atoms with Crippen LogP contribution >= 0.6 is 0 Å². The summed E-state index contributed by atoms with van der Waals surface area (Å²) in [6.45, 7) is 5.31. The zero-order valence-corrected chi connectivity index (χ0v) is 16.5. The molecule has 8 nitrogen and oxygen atoms in total. The van der Waals surface area contributed by atoms with E-state index < -0.39 is 0 Å². The van der Waals surface area contributed by atoms with E-state index in [-0.39, 0.29) is 5.95 Å². The van der Waals surface area contributed by atoms with Gasteiger partial charge in [0.15, 0.2) is 5.65 Å². The van der Waals surface area contributed by atoms with Crippen LogP contribution in [-0.4, -0.2) is 28.7 Å². The molecule has 0 saturated heterocycles. The minimum Gasteiger partial charge on any atom is -0.497 e. The van der Waals surface area contributed by atoms with E-state index in [0.717, 1.165) is 46.5 Å². The van der Waals surface area contributed by atoms with Gasteiger partial charge in [-0.1, -0.05) is 13.3 Å². The summed E-state index contributed by atoms with van der Waals surface area (Å²) in [6, 6.07) is 5.72. The third-order valence-corrected chi connectivity index (χ3v) is 4.55. The third kappa shape index (κ3) is 4.16. The maximum Gasteiger partial charge on any atom is 0.224 e. The number of nitrogens with two attached hydrogens (primary N) is 2. The topological polar surface area (TPSA) is 121 Å². The maximum absolute atomic E-state index is 6.04. The molecule has 0 saturated carbocycles. The highest BCUT2D eigenvalue weighted by Crippen LogP contribution is 2.31. The lowest BCUT2D eigenvalue weighted by atomic mass is 10.1. The van der Waals surface area contributed by atoms with Crippen molar-refractivity contribution < 1.29 is 9.47 Å². The number of aromatic nitrogens is 3. The Morgan fingerprint density at radius 3 is 2.75 bits per heavy atom. The van der Waals surface area contributed by atoms with Gasteiger partial charge in [0.1, 0.15) is 17.3 Å². The number of nitrogen functional groups attached to an aromatic ring is 2. The second-order valence-electron chi connectivity index (χ2n) is 6.49. The predicted octanol–water partition coefficient (Wildman–Crippen LogP) is 3.30. The number of rotatable bonds is 8. The number of hydrogen-bond acceptors (Lipinski definition) is 8. The number of anilines is 3. The molecule has 0 fully saturated rings. The van der Waals surface area contributed by atoms with Crippen LogP contribution in [0, 0.1) is 6.92 Å². The number of methoxy groups -OCH3 is 1. The molecule has 0 radical (unpaired) electrons. The average Bonchev–Trinajstić information content (AvgIpc) is 2.67. The third-order valence-electron chi connectivity index (χ3n) is 4.55. The molecular formula is C20H26N6O2. The quantitative estimate of drug-likeness (QED) is 0.507. The molecule has 0 aliphatic rings. The van der Waals surface area contributed by atoms with Gasteiger partial charge in [0.05, 0.1) is 24.8 Å². The van der Waals surface area contributed by atoms with Crippen molar-refractivity contribution >= 4 is 28.5 Å². The van der Waals surface area contributed by atoms with Crippen molar-refractivity contribution in [3.05, 3.63) is 35.5 Å². The van der Waals surface area contributed by atoms with Crippen molar-refractivity contribution in [2.45, 2.75) is 33.2 Å². The van der Waals surface area contributed by atoms with Gasteiger partial charge in [-0.25, -0.2) is 4.98 Å². The molecule has 0 aliphatic heterocycles. The van der Waals surface area contributed by atoms with Gasteiger partial charge in [-0.3, -0.25) is 0 Å². The number of hydrogen-bond donors (Lipinski definition) is 3. The molecule has 148 valence electrons. The second-order valence-corrected chi connectivity index (χ2v) is 6.49. The highest BCUT2D eigenvalue weighted by Gasteiger charge is 2.12. The Hall–Kier alpha value is -3.29. The standard InChI is InChI=1S/C20H26N6O2/c1-4-5-8-28-16-7-6-14(27-3)9-15(16)23-10-13-11-24-19-17(12(13)2)18(21)25-20(22)26-19/h6-7,9,11,23H,4-5,8,10H2,1-3H3,(H4,21,22,24,25,26). The van der Waals surface area contributed by atoms with E-state index in [9.17, 15) is 0 Å². The zero-order chi connectivity index (χ0) is 20.1. The summed E-state index contributed by atoms with van der Waals surface area (Å²) in [6.07, 6.45) is 3.85. The molecule has 2 aromatic heterocycles. The number of pyridine rings is 1. The summed E-state index contributed by atoms with van der Waals surface area (Å²) in [7, 11) is 1.64. The summed E-state index contributed by atoms with van der Waals surface area (Å²) in [5, 5.41) is 4.14. The van der Waals surface area contributed by atoms with Crippen LogP contribution < -0.4 is 26.3 Å². The van der Waals surface area contributed by atoms with Gasteiger partial charge in [-0.2, -0.15) is 9.97 Å². The highest BCUT2D eigenvalue weighted by atomic mass is 16.5. The lowest BCUT2D eigenvalue weighted by Gasteiger charge is -2.16. The molecule has 0 aliphatic carbocycles. The van der Waals surface area contributed by atoms with Crippen molar-refractivity contribution in [2.24, 2.45) is 0 Å². The van der Waals surface area contributed by atoms with Crippen LogP contribution in [0.1, 0.15) is 30.9 Å². The minimum atomic E-state index is 0.119. The molecule has 3 rings (SSSR count). The SMILES string of the molecule is CCCCOc1ccc(OC)cc1NCc1cnc2nc(N)nc(N)c2c1C. The van der Waals surface area contributed by atoms with Gasteiger partial charge in [0.25, 0.3) is 0 Å². The monoisotopic (exact) mass is 382 g/mol. The number of fused-ring (bicyclic) bond motifs is 1. The second kappa shape index (κ2) is 8.60. The molecule has 5 N–H and O–H groups in total. The Balaban J connectivity index is 1.86. The largest absolute Gasteiger partial charge is 0.497 e. The summed E-state index contributed by atoms with van der Waals surface area (Å²) >= 11 is 0. The van der Waals surface area contributed by atoms with E-state index in [0.29, 0.717) is 24.6 Å².